The smallest absolute Gasteiger partial charge is 0.258 e. The Hall–Kier alpha value is -3.92. The number of benzene rings is 4. The molecule has 0 aliphatic heterocycles. The van der Waals surface area contributed by atoms with Gasteiger partial charge in [0.1, 0.15) is 0 Å². The monoisotopic (exact) mass is 394 g/mol. The van der Waals surface area contributed by atoms with Crippen molar-refractivity contribution in [2.45, 2.75) is 6.92 Å². The first-order valence-electron chi connectivity index (χ1n) is 9.93. The van der Waals surface area contributed by atoms with Crippen molar-refractivity contribution in [2.75, 3.05) is 16.8 Å². The van der Waals surface area contributed by atoms with Crippen molar-refractivity contribution in [1.82, 2.24) is 0 Å². The van der Waals surface area contributed by atoms with E-state index in [0.717, 1.165) is 16.5 Å². The largest absolute Gasteiger partial charge is 0.322 e. The van der Waals surface area contributed by atoms with Gasteiger partial charge in [-0.15, -0.1) is 0 Å². The average molecular weight is 394 g/mol. The van der Waals surface area contributed by atoms with Crippen LogP contribution in [0.3, 0.4) is 0 Å². The Labute approximate surface area is 175 Å². The highest BCUT2D eigenvalue weighted by atomic mass is 16.2. The van der Waals surface area contributed by atoms with Gasteiger partial charge in [-0.3, -0.25) is 9.59 Å². The number of rotatable bonds is 5. The van der Waals surface area contributed by atoms with E-state index in [1.807, 2.05) is 67.6 Å². The molecular weight excluding hydrogens is 372 g/mol. The van der Waals surface area contributed by atoms with Gasteiger partial charge in [0.15, 0.2) is 0 Å². The number of amides is 2. The normalized spacial score (nSPS) is 10.6. The van der Waals surface area contributed by atoms with Gasteiger partial charge in [0.25, 0.3) is 11.8 Å². The highest BCUT2D eigenvalue weighted by molar-refractivity contribution is 6.11. The number of hydrogen-bond acceptors (Lipinski definition) is 2. The summed E-state index contributed by atoms with van der Waals surface area (Å²) < 4.78 is 0. The molecule has 0 atom stereocenters. The lowest BCUT2D eigenvalue weighted by atomic mass is 10.1. The van der Waals surface area contributed by atoms with Gasteiger partial charge in [0, 0.05) is 28.7 Å². The lowest BCUT2D eigenvalue weighted by Gasteiger charge is -2.23. The molecule has 0 aromatic heterocycles. The highest BCUT2D eigenvalue weighted by Crippen LogP contribution is 2.28. The van der Waals surface area contributed by atoms with E-state index in [9.17, 15) is 9.59 Å². The Bertz CT molecular complexity index is 1180. The first-order chi connectivity index (χ1) is 14.7. The standard InChI is InChI=1S/C26H22N2O2/c1-2-28(24-14-8-12-19-9-6-7-13-23(19)24)26(30)21-15-17-22(18-16-21)27-25(29)20-10-4-3-5-11-20/h3-18H,2H2,1H3,(H,27,29). The molecule has 4 aromatic rings. The molecule has 4 rings (SSSR count). The van der Waals surface area contributed by atoms with E-state index in [4.69, 9.17) is 0 Å². The van der Waals surface area contributed by atoms with Crippen molar-refractivity contribution in [3.63, 3.8) is 0 Å². The highest BCUT2D eigenvalue weighted by Gasteiger charge is 2.18. The van der Waals surface area contributed by atoms with Crippen molar-refractivity contribution in [3.05, 3.63) is 108 Å². The van der Waals surface area contributed by atoms with Crippen LogP contribution in [0.2, 0.25) is 0 Å². The summed E-state index contributed by atoms with van der Waals surface area (Å²) >= 11 is 0. The van der Waals surface area contributed by atoms with Crippen molar-refractivity contribution in [2.24, 2.45) is 0 Å². The second-order valence-corrected chi connectivity index (χ2v) is 6.95. The van der Waals surface area contributed by atoms with Gasteiger partial charge in [-0.1, -0.05) is 54.6 Å². The predicted molar refractivity (Wildman–Crippen MR) is 122 cm³/mol. The maximum Gasteiger partial charge on any atom is 0.258 e. The van der Waals surface area contributed by atoms with E-state index in [2.05, 4.69) is 5.32 Å². The SMILES string of the molecule is CCN(C(=O)c1ccc(NC(=O)c2ccccc2)cc1)c1cccc2ccccc12. The number of carbonyl (C=O) groups excluding carboxylic acids is 2. The van der Waals surface area contributed by atoms with Gasteiger partial charge in [-0.25, -0.2) is 0 Å². The molecule has 0 aliphatic carbocycles. The molecule has 0 aliphatic rings. The zero-order valence-corrected chi connectivity index (χ0v) is 16.7. The lowest BCUT2D eigenvalue weighted by molar-refractivity contribution is 0.0987. The molecule has 0 saturated carbocycles. The summed E-state index contributed by atoms with van der Waals surface area (Å²) in [6.45, 7) is 2.52. The molecule has 0 fully saturated rings. The fraction of sp³-hybridized carbons (Fsp3) is 0.0769. The van der Waals surface area contributed by atoms with Gasteiger partial charge in [-0.05, 0) is 54.8 Å². The molecule has 0 bridgehead atoms. The average Bonchev–Trinajstić information content (AvgIpc) is 2.80. The molecule has 30 heavy (non-hydrogen) atoms. The lowest BCUT2D eigenvalue weighted by Crippen LogP contribution is -2.30. The third kappa shape index (κ3) is 3.94. The number of carbonyl (C=O) groups is 2. The van der Waals surface area contributed by atoms with Crippen molar-refractivity contribution >= 4 is 34.0 Å². The summed E-state index contributed by atoms with van der Waals surface area (Å²) in [6, 6.07) is 30.1. The molecule has 2 amide bonds. The maximum atomic E-state index is 13.2. The number of nitrogens with zero attached hydrogens (tertiary/aromatic N) is 1. The van der Waals surface area contributed by atoms with E-state index in [1.165, 1.54) is 0 Å². The molecule has 0 saturated heterocycles. The second-order valence-electron chi connectivity index (χ2n) is 6.95. The van der Waals surface area contributed by atoms with Gasteiger partial charge in [0.2, 0.25) is 0 Å². The second kappa shape index (κ2) is 8.62. The summed E-state index contributed by atoms with van der Waals surface area (Å²) in [5, 5.41) is 5.00. The minimum atomic E-state index is -0.180. The van der Waals surface area contributed by atoms with Crippen LogP contribution in [0.4, 0.5) is 11.4 Å². The third-order valence-corrected chi connectivity index (χ3v) is 5.04. The Morgan fingerprint density at radius 2 is 1.40 bits per heavy atom. The van der Waals surface area contributed by atoms with Crippen LogP contribution in [0.25, 0.3) is 10.8 Å². The van der Waals surface area contributed by atoms with Gasteiger partial charge in [-0.2, -0.15) is 0 Å². The Morgan fingerprint density at radius 1 is 0.733 bits per heavy atom. The zero-order valence-electron chi connectivity index (χ0n) is 16.7. The van der Waals surface area contributed by atoms with Crippen LogP contribution < -0.4 is 10.2 Å². The first-order valence-corrected chi connectivity index (χ1v) is 9.93. The molecule has 0 unspecified atom stereocenters. The van der Waals surface area contributed by atoms with E-state index >= 15 is 0 Å². The molecule has 4 aromatic carbocycles. The van der Waals surface area contributed by atoms with E-state index in [1.54, 1.807) is 41.3 Å². The van der Waals surface area contributed by atoms with Crippen LogP contribution in [0, 0.1) is 0 Å². The van der Waals surface area contributed by atoms with E-state index in [0.29, 0.717) is 23.4 Å². The third-order valence-electron chi connectivity index (χ3n) is 5.04. The summed E-state index contributed by atoms with van der Waals surface area (Å²) in [6.07, 6.45) is 0. The molecule has 4 heteroatoms. The van der Waals surface area contributed by atoms with Crippen LogP contribution in [-0.4, -0.2) is 18.4 Å². The molecule has 4 nitrogen and oxygen atoms in total. The van der Waals surface area contributed by atoms with E-state index in [-0.39, 0.29) is 11.8 Å². The van der Waals surface area contributed by atoms with Crippen LogP contribution >= 0.6 is 0 Å². The number of nitrogens with one attached hydrogen (secondary N) is 1. The first kappa shape index (κ1) is 19.4. The summed E-state index contributed by atoms with van der Waals surface area (Å²) in [5.41, 5.74) is 2.70. The fourth-order valence-electron chi connectivity index (χ4n) is 3.51. The molecular formula is C26H22N2O2. The van der Waals surface area contributed by atoms with Crippen molar-refractivity contribution in [1.29, 1.82) is 0 Å². The number of hydrogen-bond donors (Lipinski definition) is 1. The molecule has 0 heterocycles. The topological polar surface area (TPSA) is 49.4 Å². The minimum Gasteiger partial charge on any atom is -0.322 e. The maximum absolute atomic E-state index is 13.2. The summed E-state index contributed by atoms with van der Waals surface area (Å²) in [7, 11) is 0. The van der Waals surface area contributed by atoms with Gasteiger partial charge in [0.05, 0.1) is 5.69 Å². The minimum absolute atomic E-state index is 0.0743. The van der Waals surface area contributed by atoms with Crippen molar-refractivity contribution in [3.8, 4) is 0 Å². The summed E-state index contributed by atoms with van der Waals surface area (Å²) in [4.78, 5) is 27.3. The van der Waals surface area contributed by atoms with E-state index < -0.39 is 0 Å². The predicted octanol–water partition coefficient (Wildman–Crippen LogP) is 5.76. The molecule has 0 radical (unpaired) electrons. The molecule has 0 spiro atoms. The molecule has 1 N–H and O–H groups in total. The number of fused-ring (bicyclic) bond motifs is 1. The van der Waals surface area contributed by atoms with Crippen LogP contribution in [0.1, 0.15) is 27.6 Å². The Balaban J connectivity index is 1.56. The van der Waals surface area contributed by atoms with Gasteiger partial charge < -0.3 is 10.2 Å². The van der Waals surface area contributed by atoms with Crippen molar-refractivity contribution < 1.29 is 9.59 Å². The Kier molecular flexibility index (Phi) is 5.57. The molecule has 148 valence electrons. The Morgan fingerprint density at radius 3 is 2.13 bits per heavy atom. The zero-order chi connectivity index (χ0) is 20.9. The quantitative estimate of drug-likeness (QED) is 0.468. The summed E-state index contributed by atoms with van der Waals surface area (Å²) in [5.74, 6) is -0.254. The van der Waals surface area contributed by atoms with Crippen LogP contribution in [-0.2, 0) is 0 Å². The van der Waals surface area contributed by atoms with Gasteiger partial charge >= 0.3 is 0 Å². The van der Waals surface area contributed by atoms with Crippen LogP contribution in [0.15, 0.2) is 97.1 Å². The van der Waals surface area contributed by atoms with Crippen LogP contribution in [0.5, 0.6) is 0 Å². The fourth-order valence-corrected chi connectivity index (χ4v) is 3.51. The number of anilines is 2.